The Labute approximate surface area is 218 Å². The zero-order valence-electron chi connectivity index (χ0n) is 20.0. The maximum Gasteiger partial charge on any atom is 0.352 e. The van der Waals surface area contributed by atoms with Crippen LogP contribution in [0.2, 0.25) is 0 Å². The number of aromatic nitrogens is 1. The van der Waals surface area contributed by atoms with Crippen LogP contribution in [-0.2, 0) is 31.6 Å². The molecule has 1 fully saturated rings. The van der Waals surface area contributed by atoms with E-state index in [0.29, 0.717) is 28.0 Å². The Morgan fingerprint density at radius 1 is 1.11 bits per heavy atom. The van der Waals surface area contributed by atoms with Crippen molar-refractivity contribution < 1.29 is 41.0 Å². The molecule has 2 heterocycles. The number of hydrogen-bond donors (Lipinski definition) is 2. The van der Waals surface area contributed by atoms with Crippen molar-refractivity contribution in [2.75, 3.05) is 18.0 Å². The van der Waals surface area contributed by atoms with E-state index >= 15 is 0 Å². The Balaban J connectivity index is 1.48. The summed E-state index contributed by atoms with van der Waals surface area (Å²) in [6.45, 7) is -0.279. The van der Waals surface area contributed by atoms with Gasteiger partial charge in [0, 0.05) is 12.2 Å². The first kappa shape index (κ1) is 25.8. The summed E-state index contributed by atoms with van der Waals surface area (Å²) >= 11 is 0. The van der Waals surface area contributed by atoms with Gasteiger partial charge in [-0.2, -0.15) is 8.42 Å². The van der Waals surface area contributed by atoms with Gasteiger partial charge < -0.3 is 19.1 Å². The number of benzene rings is 2. The minimum Gasteiger partial charge on any atom is -0.493 e. The molecular formula is C24H23N3O9S2. The van der Waals surface area contributed by atoms with Gasteiger partial charge in [-0.15, -0.1) is 0 Å². The van der Waals surface area contributed by atoms with Crippen LogP contribution < -0.4 is 17.9 Å². The van der Waals surface area contributed by atoms with Crippen LogP contribution in [0.15, 0.2) is 59.5 Å². The van der Waals surface area contributed by atoms with E-state index in [1.807, 2.05) is 0 Å². The van der Waals surface area contributed by atoms with Crippen LogP contribution >= 0.6 is 0 Å². The first-order chi connectivity index (χ1) is 18.0. The molecule has 2 aromatic carbocycles. The summed E-state index contributed by atoms with van der Waals surface area (Å²) in [4.78, 5) is 23.5. The van der Waals surface area contributed by atoms with Crippen molar-refractivity contribution in [3.8, 4) is 22.8 Å². The van der Waals surface area contributed by atoms with Crippen LogP contribution in [0.5, 0.6) is 11.5 Å². The van der Waals surface area contributed by atoms with Crippen LogP contribution in [-0.4, -0.2) is 52.1 Å². The van der Waals surface area contributed by atoms with Gasteiger partial charge in [0.25, 0.3) is 10.0 Å². The summed E-state index contributed by atoms with van der Waals surface area (Å²) in [5.41, 5.74) is 0.899. The molecule has 2 N–H and O–H groups in total. The smallest absolute Gasteiger partial charge is 0.352 e. The van der Waals surface area contributed by atoms with E-state index in [0.717, 1.165) is 12.8 Å². The van der Waals surface area contributed by atoms with Gasteiger partial charge in [0.05, 0.1) is 12.0 Å². The quantitative estimate of drug-likeness (QED) is 0.295. The SMILES string of the molecule is COc1cccc2c1OC(=O)CN2S(=O)(=O)NS(=O)(=O)c1cccc(-c2ccc(C(=O)O)n2CC2CC2)c1. The Kier molecular flexibility index (Phi) is 6.41. The first-order valence-electron chi connectivity index (χ1n) is 11.5. The summed E-state index contributed by atoms with van der Waals surface area (Å²) in [6.07, 6.45) is 1.96. The summed E-state index contributed by atoms with van der Waals surface area (Å²) < 4.78 is 67.0. The average Bonchev–Trinajstić information content (AvgIpc) is 3.58. The Bertz CT molecular complexity index is 1660. The number of anilines is 1. The largest absolute Gasteiger partial charge is 0.493 e. The van der Waals surface area contributed by atoms with Gasteiger partial charge in [0.15, 0.2) is 11.5 Å². The third kappa shape index (κ3) is 4.85. The molecule has 0 unspecified atom stereocenters. The van der Waals surface area contributed by atoms with E-state index in [4.69, 9.17) is 9.47 Å². The number of carboxylic acid groups (broad SMARTS) is 1. The number of para-hydroxylation sites is 1. The molecule has 1 saturated carbocycles. The molecule has 3 aromatic rings. The Morgan fingerprint density at radius 2 is 1.84 bits per heavy atom. The highest BCUT2D eigenvalue weighted by Gasteiger charge is 2.37. The number of ether oxygens (including phenoxy) is 2. The molecule has 12 nitrogen and oxygen atoms in total. The second kappa shape index (κ2) is 9.45. The lowest BCUT2D eigenvalue weighted by Gasteiger charge is -2.29. The number of sulfonamides is 1. The second-order valence-corrected chi connectivity index (χ2v) is 12.4. The molecule has 1 aliphatic heterocycles. The van der Waals surface area contributed by atoms with Crippen LogP contribution in [0.4, 0.5) is 5.69 Å². The first-order valence-corrected chi connectivity index (χ1v) is 14.4. The average molecular weight is 562 g/mol. The fraction of sp³-hybridized carbons (Fsp3) is 0.250. The summed E-state index contributed by atoms with van der Waals surface area (Å²) in [7, 11) is -8.15. The minimum atomic E-state index is -4.80. The third-order valence-electron chi connectivity index (χ3n) is 6.22. The number of nitrogens with zero attached hydrogens (tertiary/aromatic N) is 2. The van der Waals surface area contributed by atoms with E-state index in [2.05, 4.69) is 0 Å². The molecule has 0 spiro atoms. The fourth-order valence-electron chi connectivity index (χ4n) is 4.24. The maximum atomic E-state index is 13.2. The van der Waals surface area contributed by atoms with Gasteiger partial charge in [-0.1, -0.05) is 22.3 Å². The number of esters is 1. The van der Waals surface area contributed by atoms with Gasteiger partial charge in [0.2, 0.25) is 0 Å². The number of carbonyl (C=O) groups excluding carboxylic acids is 1. The van der Waals surface area contributed by atoms with Gasteiger partial charge in [-0.05, 0) is 60.7 Å². The number of fused-ring (bicyclic) bond motifs is 1. The molecule has 0 saturated heterocycles. The van der Waals surface area contributed by atoms with Crippen molar-refractivity contribution in [2.24, 2.45) is 5.92 Å². The van der Waals surface area contributed by atoms with Gasteiger partial charge in [-0.25, -0.2) is 22.3 Å². The molecule has 5 rings (SSSR count). The zero-order chi connectivity index (χ0) is 27.2. The Morgan fingerprint density at radius 3 is 2.53 bits per heavy atom. The number of hydrogen-bond acceptors (Lipinski definition) is 8. The minimum absolute atomic E-state index is 0.0699. The van der Waals surface area contributed by atoms with Crippen molar-refractivity contribution >= 4 is 37.9 Å². The van der Waals surface area contributed by atoms with Gasteiger partial charge >= 0.3 is 22.1 Å². The van der Waals surface area contributed by atoms with E-state index in [9.17, 15) is 31.5 Å². The number of nitrogens with one attached hydrogen (secondary N) is 1. The molecule has 1 aromatic heterocycles. The normalized spacial score (nSPS) is 15.6. The molecule has 0 amide bonds. The predicted molar refractivity (Wildman–Crippen MR) is 135 cm³/mol. The van der Waals surface area contributed by atoms with E-state index < -0.39 is 38.7 Å². The standard InChI is InChI=1S/C24H23N3O9S2/c1-35-21-7-3-6-19-23(21)36-22(28)14-27(19)38(33,34)25-37(31,32)17-5-2-4-16(12-17)18-10-11-20(24(29)30)26(18)13-15-8-9-15/h2-7,10-12,15,25H,8-9,13-14H2,1H3,(H,29,30). The summed E-state index contributed by atoms with van der Waals surface area (Å²) in [5.74, 6) is -1.73. The molecular weight excluding hydrogens is 538 g/mol. The summed E-state index contributed by atoms with van der Waals surface area (Å²) in [6, 6.07) is 12.9. The van der Waals surface area contributed by atoms with Gasteiger partial charge in [0.1, 0.15) is 17.9 Å². The highest BCUT2D eigenvalue weighted by molar-refractivity contribution is 8.05. The van der Waals surface area contributed by atoms with Crippen molar-refractivity contribution in [1.82, 2.24) is 8.69 Å². The lowest BCUT2D eigenvalue weighted by molar-refractivity contribution is -0.133. The molecule has 14 heteroatoms. The van der Waals surface area contributed by atoms with E-state index in [-0.39, 0.29) is 27.8 Å². The number of carbonyl (C=O) groups is 2. The highest BCUT2D eigenvalue weighted by Crippen LogP contribution is 2.41. The summed E-state index contributed by atoms with van der Waals surface area (Å²) in [5, 5.41) is 9.58. The monoisotopic (exact) mass is 561 g/mol. The van der Waals surface area contributed by atoms with Crippen LogP contribution in [0, 0.1) is 5.92 Å². The topological polar surface area (TPSA) is 161 Å². The van der Waals surface area contributed by atoms with Crippen LogP contribution in [0.1, 0.15) is 23.3 Å². The molecule has 0 bridgehead atoms. The highest BCUT2D eigenvalue weighted by atomic mass is 32.3. The zero-order valence-corrected chi connectivity index (χ0v) is 21.7. The van der Waals surface area contributed by atoms with E-state index in [1.54, 1.807) is 20.8 Å². The van der Waals surface area contributed by atoms with Crippen molar-refractivity contribution in [2.45, 2.75) is 24.3 Å². The fourth-order valence-corrected chi connectivity index (χ4v) is 7.31. The second-order valence-electron chi connectivity index (χ2n) is 8.87. The van der Waals surface area contributed by atoms with Gasteiger partial charge in [-0.3, -0.25) is 0 Å². The third-order valence-corrected chi connectivity index (χ3v) is 9.72. The Hall–Kier alpha value is -3.88. The maximum absolute atomic E-state index is 13.2. The van der Waals surface area contributed by atoms with Crippen LogP contribution in [0.25, 0.3) is 11.3 Å². The molecule has 0 atom stereocenters. The van der Waals surface area contributed by atoms with Crippen molar-refractivity contribution in [3.63, 3.8) is 0 Å². The number of rotatable bonds is 9. The van der Waals surface area contributed by atoms with Crippen molar-refractivity contribution in [3.05, 3.63) is 60.3 Å². The lowest BCUT2D eigenvalue weighted by atomic mass is 10.1. The molecule has 38 heavy (non-hydrogen) atoms. The molecule has 1 aliphatic carbocycles. The van der Waals surface area contributed by atoms with Crippen LogP contribution in [0.3, 0.4) is 0 Å². The number of carboxylic acids is 1. The molecule has 200 valence electrons. The van der Waals surface area contributed by atoms with Crippen molar-refractivity contribution in [1.29, 1.82) is 0 Å². The predicted octanol–water partition coefficient (Wildman–Crippen LogP) is 2.22. The molecule has 2 aliphatic rings. The van der Waals surface area contributed by atoms with E-state index in [1.165, 1.54) is 49.6 Å². The molecule has 0 radical (unpaired) electrons. The lowest BCUT2D eigenvalue weighted by Crippen LogP contribution is -2.48. The number of methoxy groups -OCH3 is 1. The number of aromatic carboxylic acids is 1.